The lowest BCUT2D eigenvalue weighted by atomic mass is 10.1. The summed E-state index contributed by atoms with van der Waals surface area (Å²) in [6.07, 6.45) is 1.16. The SMILES string of the molecule is Cc1cccc(NC(=O)CCCOc2ccc(C)cc2C)c1. The Labute approximate surface area is 132 Å². The number of benzene rings is 2. The molecule has 0 spiro atoms. The summed E-state index contributed by atoms with van der Waals surface area (Å²) >= 11 is 0. The van der Waals surface area contributed by atoms with E-state index >= 15 is 0 Å². The van der Waals surface area contributed by atoms with Crippen molar-refractivity contribution in [1.29, 1.82) is 0 Å². The van der Waals surface area contributed by atoms with Crippen molar-refractivity contribution in [2.45, 2.75) is 33.6 Å². The topological polar surface area (TPSA) is 38.3 Å². The highest BCUT2D eigenvalue weighted by Gasteiger charge is 2.04. The number of hydrogen-bond donors (Lipinski definition) is 1. The van der Waals surface area contributed by atoms with Gasteiger partial charge in [0.25, 0.3) is 0 Å². The molecule has 0 unspecified atom stereocenters. The maximum atomic E-state index is 11.9. The van der Waals surface area contributed by atoms with Crippen LogP contribution in [0.15, 0.2) is 42.5 Å². The zero-order valence-corrected chi connectivity index (χ0v) is 13.5. The van der Waals surface area contributed by atoms with Crippen LogP contribution < -0.4 is 10.1 Å². The van der Waals surface area contributed by atoms with Gasteiger partial charge in [-0.15, -0.1) is 0 Å². The molecule has 0 aliphatic carbocycles. The number of ether oxygens (including phenoxy) is 1. The van der Waals surface area contributed by atoms with Crippen LogP contribution in [0.1, 0.15) is 29.5 Å². The monoisotopic (exact) mass is 297 g/mol. The molecule has 2 aromatic carbocycles. The van der Waals surface area contributed by atoms with Gasteiger partial charge in [0, 0.05) is 12.1 Å². The third-order valence-corrected chi connectivity index (χ3v) is 3.44. The summed E-state index contributed by atoms with van der Waals surface area (Å²) in [4.78, 5) is 11.9. The van der Waals surface area contributed by atoms with Gasteiger partial charge in [-0.3, -0.25) is 4.79 Å². The van der Waals surface area contributed by atoms with Gasteiger partial charge in [0.05, 0.1) is 6.61 Å². The van der Waals surface area contributed by atoms with Crippen LogP contribution in [0.3, 0.4) is 0 Å². The molecule has 0 heterocycles. The minimum absolute atomic E-state index is 0.0230. The number of amides is 1. The van der Waals surface area contributed by atoms with Crippen molar-refractivity contribution < 1.29 is 9.53 Å². The molecule has 0 bridgehead atoms. The highest BCUT2D eigenvalue weighted by Crippen LogP contribution is 2.19. The number of rotatable bonds is 6. The first kappa shape index (κ1) is 16.1. The second kappa shape index (κ2) is 7.64. The zero-order chi connectivity index (χ0) is 15.9. The van der Waals surface area contributed by atoms with Crippen molar-refractivity contribution >= 4 is 11.6 Å². The van der Waals surface area contributed by atoms with Crippen molar-refractivity contribution in [2.24, 2.45) is 0 Å². The summed E-state index contributed by atoms with van der Waals surface area (Å²) in [6, 6.07) is 13.9. The van der Waals surface area contributed by atoms with Crippen molar-refractivity contribution in [3.05, 3.63) is 59.2 Å². The van der Waals surface area contributed by atoms with Crippen LogP contribution >= 0.6 is 0 Å². The van der Waals surface area contributed by atoms with E-state index in [-0.39, 0.29) is 5.91 Å². The van der Waals surface area contributed by atoms with Crippen LogP contribution in [0.25, 0.3) is 0 Å². The summed E-state index contributed by atoms with van der Waals surface area (Å²) < 4.78 is 5.73. The van der Waals surface area contributed by atoms with Gasteiger partial charge >= 0.3 is 0 Å². The average molecular weight is 297 g/mol. The normalized spacial score (nSPS) is 10.3. The minimum atomic E-state index is 0.0230. The van der Waals surface area contributed by atoms with Crippen LogP contribution in [0.4, 0.5) is 5.69 Å². The highest BCUT2D eigenvalue weighted by atomic mass is 16.5. The van der Waals surface area contributed by atoms with Crippen molar-refractivity contribution in [2.75, 3.05) is 11.9 Å². The van der Waals surface area contributed by atoms with E-state index < -0.39 is 0 Å². The first-order valence-corrected chi connectivity index (χ1v) is 7.61. The Morgan fingerprint density at radius 2 is 1.82 bits per heavy atom. The molecule has 0 radical (unpaired) electrons. The number of anilines is 1. The molecule has 0 fully saturated rings. The van der Waals surface area contributed by atoms with Crippen LogP contribution in [-0.2, 0) is 4.79 Å². The molecule has 2 aromatic rings. The molecule has 0 saturated heterocycles. The van der Waals surface area contributed by atoms with E-state index in [1.807, 2.05) is 50.2 Å². The Bertz CT molecular complexity index is 650. The third-order valence-electron chi connectivity index (χ3n) is 3.44. The van der Waals surface area contributed by atoms with Gasteiger partial charge in [-0.1, -0.05) is 29.8 Å². The molecule has 116 valence electrons. The smallest absolute Gasteiger partial charge is 0.224 e. The Balaban J connectivity index is 1.73. The van der Waals surface area contributed by atoms with Crippen molar-refractivity contribution in [1.82, 2.24) is 0 Å². The van der Waals surface area contributed by atoms with Crippen LogP contribution in [0.2, 0.25) is 0 Å². The lowest BCUT2D eigenvalue weighted by Crippen LogP contribution is -2.13. The molecule has 0 atom stereocenters. The molecule has 3 nitrogen and oxygen atoms in total. The lowest BCUT2D eigenvalue weighted by molar-refractivity contribution is -0.116. The standard InChI is InChI=1S/C19H23NO2/c1-14-6-4-7-17(13-14)20-19(21)8-5-11-22-18-10-9-15(2)12-16(18)3/h4,6-7,9-10,12-13H,5,8,11H2,1-3H3,(H,20,21). The first-order valence-electron chi connectivity index (χ1n) is 7.61. The first-order chi connectivity index (χ1) is 10.5. The highest BCUT2D eigenvalue weighted by molar-refractivity contribution is 5.90. The third kappa shape index (κ3) is 4.92. The maximum absolute atomic E-state index is 11.9. The fraction of sp³-hybridized carbons (Fsp3) is 0.316. The van der Waals surface area contributed by atoms with E-state index in [2.05, 4.69) is 18.3 Å². The van der Waals surface area contributed by atoms with Gasteiger partial charge in [0.15, 0.2) is 0 Å². The van der Waals surface area contributed by atoms with Crippen molar-refractivity contribution in [3.8, 4) is 5.75 Å². The van der Waals surface area contributed by atoms with E-state index in [0.717, 1.165) is 22.6 Å². The number of aryl methyl sites for hydroxylation is 3. The molecule has 1 N–H and O–H groups in total. The fourth-order valence-electron chi connectivity index (χ4n) is 2.32. The van der Waals surface area contributed by atoms with Gasteiger partial charge in [-0.25, -0.2) is 0 Å². The molecular formula is C19H23NO2. The molecule has 0 saturated carbocycles. The van der Waals surface area contributed by atoms with E-state index in [1.54, 1.807) is 0 Å². The number of nitrogens with one attached hydrogen (secondary N) is 1. The second-order valence-corrected chi connectivity index (χ2v) is 5.64. The van der Waals surface area contributed by atoms with Gasteiger partial charge in [-0.05, 0) is 56.5 Å². The molecule has 0 aliphatic heterocycles. The average Bonchev–Trinajstić information content (AvgIpc) is 2.45. The number of carbonyl (C=O) groups excluding carboxylic acids is 1. The molecule has 2 rings (SSSR count). The summed E-state index contributed by atoms with van der Waals surface area (Å²) in [5.41, 5.74) is 4.34. The molecule has 0 aliphatic rings. The van der Waals surface area contributed by atoms with Crippen molar-refractivity contribution in [3.63, 3.8) is 0 Å². The Hall–Kier alpha value is -2.29. The van der Waals surface area contributed by atoms with E-state index in [4.69, 9.17) is 4.74 Å². The quantitative estimate of drug-likeness (QED) is 0.802. The predicted molar refractivity (Wildman–Crippen MR) is 90.5 cm³/mol. The Morgan fingerprint density at radius 1 is 1.05 bits per heavy atom. The van der Waals surface area contributed by atoms with Gasteiger partial charge in [0.2, 0.25) is 5.91 Å². The largest absolute Gasteiger partial charge is 0.493 e. The van der Waals surface area contributed by atoms with Crippen LogP contribution in [0.5, 0.6) is 5.75 Å². The number of hydrogen-bond acceptors (Lipinski definition) is 2. The number of carbonyl (C=O) groups is 1. The van der Waals surface area contributed by atoms with Gasteiger partial charge < -0.3 is 10.1 Å². The predicted octanol–water partition coefficient (Wildman–Crippen LogP) is 4.41. The maximum Gasteiger partial charge on any atom is 0.224 e. The second-order valence-electron chi connectivity index (χ2n) is 5.64. The van der Waals surface area contributed by atoms with Gasteiger partial charge in [-0.2, -0.15) is 0 Å². The molecule has 3 heteroatoms. The summed E-state index contributed by atoms with van der Waals surface area (Å²) in [5.74, 6) is 0.916. The molecule has 22 heavy (non-hydrogen) atoms. The minimum Gasteiger partial charge on any atom is -0.493 e. The molecule has 0 aromatic heterocycles. The summed E-state index contributed by atoms with van der Waals surface area (Å²) in [6.45, 7) is 6.65. The zero-order valence-electron chi connectivity index (χ0n) is 13.5. The van der Waals surface area contributed by atoms with E-state index in [0.29, 0.717) is 19.4 Å². The molecular weight excluding hydrogens is 274 g/mol. The van der Waals surface area contributed by atoms with Gasteiger partial charge in [0.1, 0.15) is 5.75 Å². The van der Waals surface area contributed by atoms with Crippen LogP contribution in [0, 0.1) is 20.8 Å². The van der Waals surface area contributed by atoms with E-state index in [9.17, 15) is 4.79 Å². The fourth-order valence-corrected chi connectivity index (χ4v) is 2.32. The summed E-state index contributed by atoms with van der Waals surface area (Å²) in [5, 5.41) is 2.91. The Kier molecular flexibility index (Phi) is 5.59. The lowest BCUT2D eigenvalue weighted by Gasteiger charge is -2.10. The molecule has 1 amide bonds. The van der Waals surface area contributed by atoms with E-state index in [1.165, 1.54) is 5.56 Å². The Morgan fingerprint density at radius 3 is 2.55 bits per heavy atom. The van der Waals surface area contributed by atoms with Crippen LogP contribution in [-0.4, -0.2) is 12.5 Å². The summed E-state index contributed by atoms with van der Waals surface area (Å²) in [7, 11) is 0.